The van der Waals surface area contributed by atoms with Gasteiger partial charge in [0.15, 0.2) is 0 Å². The van der Waals surface area contributed by atoms with E-state index in [1.165, 1.54) is 12.1 Å². The third-order valence-corrected chi connectivity index (χ3v) is 3.15. The summed E-state index contributed by atoms with van der Waals surface area (Å²) in [5.74, 6) is 2.24. The smallest absolute Gasteiger partial charge is 0.129 e. The summed E-state index contributed by atoms with van der Waals surface area (Å²) in [6, 6.07) is 2.10. The van der Waals surface area contributed by atoms with E-state index < -0.39 is 0 Å². The highest BCUT2D eigenvalue weighted by Crippen LogP contribution is 2.16. The zero-order valence-electron chi connectivity index (χ0n) is 10.5. The number of hydrogen-bond donors (Lipinski definition) is 1. The molecule has 3 nitrogen and oxygen atoms in total. The molecule has 1 saturated heterocycles. The molecule has 0 aromatic carbocycles. The van der Waals surface area contributed by atoms with E-state index in [1.54, 1.807) is 0 Å². The van der Waals surface area contributed by atoms with Crippen molar-refractivity contribution in [2.24, 2.45) is 5.92 Å². The van der Waals surface area contributed by atoms with E-state index in [0.717, 1.165) is 36.9 Å². The molecular formula is C13H21N3. The normalized spacial score (nSPS) is 20.6. The van der Waals surface area contributed by atoms with E-state index in [2.05, 4.69) is 42.1 Å². The summed E-state index contributed by atoms with van der Waals surface area (Å²) in [6.45, 7) is 8.69. The fourth-order valence-corrected chi connectivity index (χ4v) is 2.19. The molecule has 1 aliphatic heterocycles. The Kier molecular flexibility index (Phi) is 3.54. The molecule has 3 heteroatoms. The Labute approximate surface area is 97.7 Å². The van der Waals surface area contributed by atoms with Crippen molar-refractivity contribution in [3.8, 4) is 0 Å². The maximum absolute atomic E-state index is 4.66. The van der Waals surface area contributed by atoms with Crippen LogP contribution >= 0.6 is 0 Å². The highest BCUT2D eigenvalue weighted by Gasteiger charge is 2.17. The Bertz CT molecular complexity index is 354. The van der Waals surface area contributed by atoms with Gasteiger partial charge in [-0.1, -0.05) is 13.8 Å². The van der Waals surface area contributed by atoms with Crippen LogP contribution in [0.1, 0.15) is 43.4 Å². The second-order valence-corrected chi connectivity index (χ2v) is 5.07. The van der Waals surface area contributed by atoms with Crippen LogP contribution in [-0.4, -0.2) is 23.1 Å². The van der Waals surface area contributed by atoms with Crippen molar-refractivity contribution in [2.75, 3.05) is 13.1 Å². The Hall–Kier alpha value is -0.960. The monoisotopic (exact) mass is 219 g/mol. The van der Waals surface area contributed by atoms with Gasteiger partial charge in [0.25, 0.3) is 0 Å². The number of nitrogens with zero attached hydrogens (tertiary/aromatic N) is 2. The third kappa shape index (κ3) is 2.79. The van der Waals surface area contributed by atoms with E-state index in [-0.39, 0.29) is 0 Å². The minimum Gasteiger partial charge on any atom is -0.316 e. The molecule has 2 rings (SSSR count). The zero-order valence-corrected chi connectivity index (χ0v) is 10.5. The second kappa shape index (κ2) is 4.91. The maximum atomic E-state index is 4.66. The van der Waals surface area contributed by atoms with Gasteiger partial charge in [0.2, 0.25) is 0 Å². The Morgan fingerprint density at radius 2 is 2.25 bits per heavy atom. The fraction of sp³-hybridized carbons (Fsp3) is 0.692. The minimum atomic E-state index is 0.488. The lowest BCUT2D eigenvalue weighted by Crippen LogP contribution is -2.13. The fourth-order valence-electron chi connectivity index (χ4n) is 2.19. The van der Waals surface area contributed by atoms with Gasteiger partial charge in [-0.15, -0.1) is 0 Å². The molecule has 0 spiro atoms. The van der Waals surface area contributed by atoms with Crippen molar-refractivity contribution in [2.45, 2.75) is 39.5 Å². The molecule has 1 N–H and O–H groups in total. The van der Waals surface area contributed by atoms with E-state index in [1.807, 2.05) is 0 Å². The van der Waals surface area contributed by atoms with Crippen molar-refractivity contribution < 1.29 is 0 Å². The number of aromatic nitrogens is 2. The number of hydrogen-bond acceptors (Lipinski definition) is 3. The molecule has 1 atom stereocenters. The first kappa shape index (κ1) is 11.5. The van der Waals surface area contributed by atoms with Crippen LogP contribution in [0.5, 0.6) is 0 Å². The molecule has 16 heavy (non-hydrogen) atoms. The van der Waals surface area contributed by atoms with E-state index in [4.69, 9.17) is 0 Å². The predicted molar refractivity (Wildman–Crippen MR) is 65.5 cm³/mol. The third-order valence-electron chi connectivity index (χ3n) is 3.15. The predicted octanol–water partition coefficient (Wildman–Crippen LogP) is 2.06. The van der Waals surface area contributed by atoms with Crippen molar-refractivity contribution in [1.82, 2.24) is 15.3 Å². The van der Waals surface area contributed by atoms with Crippen LogP contribution < -0.4 is 5.32 Å². The molecule has 1 fully saturated rings. The molecule has 0 aliphatic carbocycles. The van der Waals surface area contributed by atoms with Gasteiger partial charge in [-0.3, -0.25) is 0 Å². The number of aryl methyl sites for hydroxylation is 1. The number of rotatable bonds is 3. The van der Waals surface area contributed by atoms with Crippen LogP contribution in [0.15, 0.2) is 6.07 Å². The van der Waals surface area contributed by atoms with Gasteiger partial charge in [-0.2, -0.15) is 0 Å². The molecule has 0 bridgehead atoms. The van der Waals surface area contributed by atoms with Crippen molar-refractivity contribution >= 4 is 0 Å². The first-order valence-electron chi connectivity index (χ1n) is 6.20. The average Bonchev–Trinajstić information content (AvgIpc) is 2.69. The van der Waals surface area contributed by atoms with E-state index in [0.29, 0.717) is 5.92 Å². The zero-order chi connectivity index (χ0) is 11.5. The highest BCUT2D eigenvalue weighted by atomic mass is 14.9. The summed E-state index contributed by atoms with van der Waals surface area (Å²) in [4.78, 5) is 9.20. The van der Waals surface area contributed by atoms with Crippen LogP contribution in [0.4, 0.5) is 0 Å². The SMILES string of the molecule is Cc1cc(C(C)C)nc(CC2CCNC2)n1. The highest BCUT2D eigenvalue weighted by molar-refractivity contribution is 5.13. The quantitative estimate of drug-likeness (QED) is 0.845. The van der Waals surface area contributed by atoms with Gasteiger partial charge < -0.3 is 5.32 Å². The average molecular weight is 219 g/mol. The lowest BCUT2D eigenvalue weighted by Gasteiger charge is -2.11. The first-order valence-corrected chi connectivity index (χ1v) is 6.20. The topological polar surface area (TPSA) is 37.8 Å². The Morgan fingerprint density at radius 3 is 2.88 bits per heavy atom. The largest absolute Gasteiger partial charge is 0.316 e. The minimum absolute atomic E-state index is 0.488. The van der Waals surface area contributed by atoms with Crippen molar-refractivity contribution in [1.29, 1.82) is 0 Å². The van der Waals surface area contributed by atoms with Crippen LogP contribution in [0.25, 0.3) is 0 Å². The molecule has 1 aromatic heterocycles. The summed E-state index contributed by atoms with van der Waals surface area (Å²) in [7, 11) is 0. The van der Waals surface area contributed by atoms with Crippen molar-refractivity contribution in [3.63, 3.8) is 0 Å². The van der Waals surface area contributed by atoms with Gasteiger partial charge in [0.1, 0.15) is 5.82 Å². The first-order chi connectivity index (χ1) is 7.65. The summed E-state index contributed by atoms with van der Waals surface area (Å²) in [6.07, 6.45) is 2.28. The Balaban J connectivity index is 2.13. The summed E-state index contributed by atoms with van der Waals surface area (Å²) < 4.78 is 0. The standard InChI is InChI=1S/C13H21N3/c1-9(2)12-6-10(3)15-13(16-12)7-11-4-5-14-8-11/h6,9,11,14H,4-5,7-8H2,1-3H3. The van der Waals surface area contributed by atoms with E-state index in [9.17, 15) is 0 Å². The summed E-state index contributed by atoms with van der Waals surface area (Å²) in [5.41, 5.74) is 2.27. The van der Waals surface area contributed by atoms with Gasteiger partial charge in [-0.05, 0) is 44.3 Å². The maximum Gasteiger partial charge on any atom is 0.129 e. The van der Waals surface area contributed by atoms with Gasteiger partial charge in [0.05, 0.1) is 0 Å². The molecule has 0 amide bonds. The Morgan fingerprint density at radius 1 is 1.44 bits per heavy atom. The summed E-state index contributed by atoms with van der Waals surface area (Å²) >= 11 is 0. The van der Waals surface area contributed by atoms with Crippen LogP contribution in [0.3, 0.4) is 0 Å². The van der Waals surface area contributed by atoms with Crippen molar-refractivity contribution in [3.05, 3.63) is 23.3 Å². The van der Waals surface area contributed by atoms with E-state index >= 15 is 0 Å². The molecule has 1 unspecified atom stereocenters. The van der Waals surface area contributed by atoms with Gasteiger partial charge in [-0.25, -0.2) is 9.97 Å². The molecule has 1 aromatic rings. The van der Waals surface area contributed by atoms with Crippen LogP contribution in [0.2, 0.25) is 0 Å². The summed E-state index contributed by atoms with van der Waals surface area (Å²) in [5, 5.41) is 3.39. The van der Waals surface area contributed by atoms with Crippen LogP contribution in [-0.2, 0) is 6.42 Å². The molecule has 0 saturated carbocycles. The number of nitrogens with one attached hydrogen (secondary N) is 1. The molecule has 0 radical (unpaired) electrons. The molecular weight excluding hydrogens is 198 g/mol. The lowest BCUT2D eigenvalue weighted by atomic mass is 10.0. The van der Waals surface area contributed by atoms with Gasteiger partial charge in [0, 0.05) is 17.8 Å². The molecule has 1 aliphatic rings. The van der Waals surface area contributed by atoms with Crippen LogP contribution in [0, 0.1) is 12.8 Å². The molecule has 2 heterocycles. The lowest BCUT2D eigenvalue weighted by molar-refractivity contribution is 0.557. The second-order valence-electron chi connectivity index (χ2n) is 5.07. The van der Waals surface area contributed by atoms with Gasteiger partial charge >= 0.3 is 0 Å². The molecule has 88 valence electrons.